The van der Waals surface area contributed by atoms with Gasteiger partial charge in [-0.15, -0.1) is 0 Å². The first-order chi connectivity index (χ1) is 16.1. The fourth-order valence-electron chi connectivity index (χ4n) is 4.36. The van der Waals surface area contributed by atoms with Gasteiger partial charge in [-0.1, -0.05) is 23.7 Å². The number of carbonyl (C=O) groups excluding carboxylic acids is 3. The van der Waals surface area contributed by atoms with Crippen molar-refractivity contribution in [3.05, 3.63) is 41.4 Å². The van der Waals surface area contributed by atoms with E-state index in [-0.39, 0.29) is 36.1 Å². The third-order valence-electron chi connectivity index (χ3n) is 6.48. The quantitative estimate of drug-likeness (QED) is 0.660. The third-order valence-corrected chi connectivity index (χ3v) is 8.19. The average molecular weight is 507 g/mol. The van der Waals surface area contributed by atoms with Gasteiger partial charge in [0, 0.05) is 44.7 Å². The maximum Gasteiger partial charge on any atom is 0.245 e. The van der Waals surface area contributed by atoms with Crippen LogP contribution in [-0.2, 0) is 24.4 Å². The zero-order valence-electron chi connectivity index (χ0n) is 19.0. The number of amides is 3. The molecule has 2 fully saturated rings. The van der Waals surface area contributed by atoms with Crippen LogP contribution in [0.2, 0.25) is 5.02 Å². The molecule has 2 heterocycles. The summed E-state index contributed by atoms with van der Waals surface area (Å²) in [7, 11) is -2.25. The first-order valence-corrected chi connectivity index (χ1v) is 13.0. The summed E-state index contributed by atoms with van der Waals surface area (Å²) in [5.41, 5.74) is 0. The molecule has 0 radical (unpaired) electrons. The van der Waals surface area contributed by atoms with Gasteiger partial charge in [-0.2, -0.15) is 4.72 Å². The second-order valence-electron chi connectivity index (χ2n) is 8.71. The minimum atomic E-state index is -3.95. The van der Waals surface area contributed by atoms with Crippen LogP contribution in [0, 0.1) is 0 Å². The summed E-state index contributed by atoms with van der Waals surface area (Å²) >= 11 is 5.99. The Morgan fingerprint density at radius 1 is 1.06 bits per heavy atom. The van der Waals surface area contributed by atoms with Crippen LogP contribution in [0.15, 0.2) is 41.3 Å². The normalized spacial score (nSPS) is 20.7. The molecule has 2 atom stereocenters. The van der Waals surface area contributed by atoms with E-state index in [0.29, 0.717) is 30.0 Å². The fourth-order valence-corrected chi connectivity index (χ4v) is 5.80. The van der Waals surface area contributed by atoms with E-state index in [1.54, 1.807) is 48.0 Å². The first kappa shape index (κ1) is 24.4. The highest BCUT2D eigenvalue weighted by Crippen LogP contribution is 2.24. The second kappa shape index (κ2) is 9.52. The molecule has 182 valence electrons. The Labute approximate surface area is 203 Å². The predicted molar refractivity (Wildman–Crippen MR) is 128 cm³/mol. The molecule has 9 nitrogen and oxygen atoms in total. The number of benzene rings is 2. The number of halogens is 1. The number of sulfonamides is 1. The molecular formula is C23H27ClN4O5S. The highest BCUT2D eigenvalue weighted by Gasteiger charge is 2.40. The molecule has 0 bridgehead atoms. The topological polar surface area (TPSA) is 107 Å². The summed E-state index contributed by atoms with van der Waals surface area (Å²) in [6, 6.07) is 8.16. The molecule has 34 heavy (non-hydrogen) atoms. The highest BCUT2D eigenvalue weighted by molar-refractivity contribution is 7.89. The summed E-state index contributed by atoms with van der Waals surface area (Å²) in [4.78, 5) is 42.6. The lowest BCUT2D eigenvalue weighted by atomic mass is 10.1. The van der Waals surface area contributed by atoms with Crippen molar-refractivity contribution in [3.63, 3.8) is 0 Å². The van der Waals surface area contributed by atoms with Gasteiger partial charge in [0.1, 0.15) is 12.1 Å². The van der Waals surface area contributed by atoms with Crippen LogP contribution in [0.1, 0.15) is 19.8 Å². The van der Waals surface area contributed by atoms with Crippen molar-refractivity contribution in [3.8, 4) is 0 Å². The second-order valence-corrected chi connectivity index (χ2v) is 10.9. The highest BCUT2D eigenvalue weighted by atomic mass is 35.5. The smallest absolute Gasteiger partial charge is 0.245 e. The molecule has 1 N–H and O–H groups in total. The third kappa shape index (κ3) is 4.89. The molecule has 2 aromatic rings. The minimum Gasteiger partial charge on any atom is -0.344 e. The molecule has 0 aromatic heterocycles. The van der Waals surface area contributed by atoms with E-state index < -0.39 is 28.0 Å². The van der Waals surface area contributed by atoms with Gasteiger partial charge in [-0.05, 0) is 48.4 Å². The van der Waals surface area contributed by atoms with Gasteiger partial charge in [-0.3, -0.25) is 14.4 Å². The summed E-state index contributed by atoms with van der Waals surface area (Å²) in [6.45, 7) is 3.05. The van der Waals surface area contributed by atoms with E-state index in [0.717, 1.165) is 5.39 Å². The van der Waals surface area contributed by atoms with Crippen molar-refractivity contribution in [2.75, 3.05) is 33.2 Å². The molecule has 2 aromatic carbocycles. The number of carbonyl (C=O) groups is 3. The molecule has 0 aliphatic carbocycles. The van der Waals surface area contributed by atoms with Gasteiger partial charge in [0.05, 0.1) is 4.90 Å². The van der Waals surface area contributed by atoms with Crippen LogP contribution in [0.3, 0.4) is 0 Å². The van der Waals surface area contributed by atoms with Crippen molar-refractivity contribution in [2.45, 2.75) is 36.7 Å². The Kier molecular flexibility index (Phi) is 6.84. The Bertz CT molecular complexity index is 1250. The van der Waals surface area contributed by atoms with Crippen molar-refractivity contribution >= 4 is 50.1 Å². The van der Waals surface area contributed by atoms with Gasteiger partial charge < -0.3 is 14.7 Å². The van der Waals surface area contributed by atoms with Gasteiger partial charge >= 0.3 is 0 Å². The van der Waals surface area contributed by atoms with E-state index in [4.69, 9.17) is 11.6 Å². The Balaban J connectivity index is 1.44. The predicted octanol–water partition coefficient (Wildman–Crippen LogP) is 1.45. The van der Waals surface area contributed by atoms with E-state index in [1.165, 1.54) is 17.0 Å². The number of hydrogen-bond acceptors (Lipinski definition) is 5. The summed E-state index contributed by atoms with van der Waals surface area (Å²) in [5, 5.41) is 2.08. The van der Waals surface area contributed by atoms with Crippen LogP contribution in [0.5, 0.6) is 0 Å². The average Bonchev–Trinajstić information content (AvgIpc) is 3.06. The fraction of sp³-hybridized carbons (Fsp3) is 0.435. The summed E-state index contributed by atoms with van der Waals surface area (Å²) in [6.07, 6.45) is 0.503. The maximum absolute atomic E-state index is 13.0. The largest absolute Gasteiger partial charge is 0.344 e. The monoisotopic (exact) mass is 506 g/mol. The van der Waals surface area contributed by atoms with Crippen LogP contribution in [0.25, 0.3) is 10.8 Å². The van der Waals surface area contributed by atoms with Crippen molar-refractivity contribution in [1.82, 2.24) is 19.4 Å². The SMILES string of the molecule is CC(C(=O)N1CCC(=O)N(C)CC1)N1CC[C@H](NS(=O)(=O)c2ccc3cc(Cl)ccc3c2)C1=O. The van der Waals surface area contributed by atoms with E-state index in [2.05, 4.69) is 4.72 Å². The minimum absolute atomic E-state index is 0.0218. The molecule has 4 rings (SSSR count). The van der Waals surface area contributed by atoms with Crippen molar-refractivity contribution in [2.24, 2.45) is 0 Å². The van der Waals surface area contributed by atoms with E-state index in [9.17, 15) is 22.8 Å². The molecule has 0 spiro atoms. The summed E-state index contributed by atoms with van der Waals surface area (Å²) in [5.74, 6) is -0.695. The Morgan fingerprint density at radius 2 is 1.76 bits per heavy atom. The van der Waals surface area contributed by atoms with Crippen LogP contribution in [-0.4, -0.2) is 86.1 Å². The Hall–Kier alpha value is -2.69. The summed E-state index contributed by atoms with van der Waals surface area (Å²) < 4.78 is 28.5. The number of hydrogen-bond donors (Lipinski definition) is 1. The maximum atomic E-state index is 13.0. The zero-order valence-corrected chi connectivity index (χ0v) is 20.6. The molecule has 0 saturated carbocycles. The van der Waals surface area contributed by atoms with E-state index in [1.807, 2.05) is 0 Å². The number of fused-ring (bicyclic) bond motifs is 1. The lowest BCUT2D eigenvalue weighted by molar-refractivity contribution is -0.143. The van der Waals surface area contributed by atoms with Gasteiger partial charge in [0.25, 0.3) is 0 Å². The first-order valence-electron chi connectivity index (χ1n) is 11.1. The molecule has 1 unspecified atom stereocenters. The van der Waals surface area contributed by atoms with Crippen molar-refractivity contribution in [1.29, 1.82) is 0 Å². The molecule has 11 heteroatoms. The number of likely N-dealkylation sites (N-methyl/N-ethyl adjacent to an activating group) is 1. The number of rotatable bonds is 5. The van der Waals surface area contributed by atoms with Crippen molar-refractivity contribution < 1.29 is 22.8 Å². The molecule has 2 saturated heterocycles. The number of likely N-dealkylation sites (tertiary alicyclic amines) is 1. The number of nitrogens with zero attached hydrogens (tertiary/aromatic N) is 3. The van der Waals surface area contributed by atoms with Gasteiger partial charge in [0.2, 0.25) is 27.7 Å². The molecule has 2 aliphatic heterocycles. The molecule has 2 aliphatic rings. The van der Waals surface area contributed by atoms with Gasteiger partial charge in [-0.25, -0.2) is 8.42 Å². The lowest BCUT2D eigenvalue weighted by Crippen LogP contribution is -2.50. The van der Waals surface area contributed by atoms with Crippen LogP contribution >= 0.6 is 11.6 Å². The molecule has 3 amide bonds. The lowest BCUT2D eigenvalue weighted by Gasteiger charge is -2.29. The number of nitrogens with one attached hydrogen (secondary N) is 1. The van der Waals surface area contributed by atoms with Gasteiger partial charge in [0.15, 0.2) is 0 Å². The molecular weight excluding hydrogens is 480 g/mol. The van der Waals surface area contributed by atoms with E-state index >= 15 is 0 Å². The van der Waals surface area contributed by atoms with Crippen LogP contribution in [0.4, 0.5) is 0 Å². The van der Waals surface area contributed by atoms with Crippen LogP contribution < -0.4 is 4.72 Å². The zero-order chi connectivity index (χ0) is 24.6. The standard InChI is InChI=1S/C23H27ClN4O5S/c1-15(22(30)27-9-8-21(29)26(2)11-12-27)28-10-7-20(23(28)31)25-34(32,33)19-6-4-16-13-18(24)5-3-17(16)14-19/h3-6,13-15,20,25H,7-12H2,1-2H3/t15?,20-/m0/s1. The Morgan fingerprint density at radius 3 is 2.53 bits per heavy atom.